The van der Waals surface area contributed by atoms with Gasteiger partial charge in [0.05, 0.1) is 0 Å². The van der Waals surface area contributed by atoms with Gasteiger partial charge in [-0.1, -0.05) is 11.6 Å². The fraction of sp³-hybridized carbons (Fsp3) is 0.200. The number of nitrogens with zero attached hydrogens (tertiary/aromatic N) is 4. The molecular weight excluding hydrogens is 182 g/mol. The van der Waals surface area contributed by atoms with Gasteiger partial charge in [-0.15, -0.1) is 5.10 Å². The second kappa shape index (κ2) is 2.28. The van der Waals surface area contributed by atoms with Crippen molar-refractivity contribution in [2.24, 2.45) is 7.05 Å². The molecule has 0 bridgehead atoms. The maximum Gasteiger partial charge on any atom is 0.294 e. The summed E-state index contributed by atoms with van der Waals surface area (Å²) in [6.45, 7) is 0. The fourth-order valence-electron chi connectivity index (χ4n) is 0.904. The van der Waals surface area contributed by atoms with E-state index in [2.05, 4.69) is 20.4 Å². The lowest BCUT2D eigenvalue weighted by Crippen LogP contribution is -2.08. The Morgan fingerprint density at radius 2 is 2.08 bits per heavy atom. The molecule has 0 aliphatic rings. The predicted octanol–water partition coefficient (Wildman–Crippen LogP) is -0.295. The van der Waals surface area contributed by atoms with Crippen molar-refractivity contribution in [2.75, 3.05) is 0 Å². The quantitative estimate of drug-likeness (QED) is 0.612. The van der Waals surface area contributed by atoms with Gasteiger partial charge >= 0.3 is 0 Å². The van der Waals surface area contributed by atoms with E-state index in [1.165, 1.54) is 4.80 Å². The third-order valence-electron chi connectivity index (χ3n) is 1.38. The van der Waals surface area contributed by atoms with Gasteiger partial charge in [0.2, 0.25) is 0 Å². The third-order valence-corrected chi connectivity index (χ3v) is 1.64. The minimum Gasteiger partial charge on any atom is -0.265 e. The highest BCUT2D eigenvalue weighted by atomic mass is 35.5. The summed E-state index contributed by atoms with van der Waals surface area (Å²) >= 11 is 5.65. The highest BCUT2D eigenvalue weighted by molar-refractivity contribution is 6.33. The number of halogens is 1. The second-order valence-corrected chi connectivity index (χ2v) is 2.59. The number of nitrogens with one attached hydrogen (secondary N) is 1. The van der Waals surface area contributed by atoms with E-state index < -0.39 is 0 Å². The molecule has 0 unspecified atom stereocenters. The van der Waals surface area contributed by atoms with E-state index in [0.29, 0.717) is 5.52 Å². The second-order valence-electron chi connectivity index (χ2n) is 2.23. The van der Waals surface area contributed by atoms with Gasteiger partial charge in [-0.2, -0.15) is 15.0 Å². The average molecular weight is 186 g/mol. The summed E-state index contributed by atoms with van der Waals surface area (Å²) in [6.07, 6.45) is 0. The summed E-state index contributed by atoms with van der Waals surface area (Å²) in [5, 5.41) is 13.6. The lowest BCUT2D eigenvalue weighted by Gasteiger charge is -1.85. The first-order valence-electron chi connectivity index (χ1n) is 3.13. The molecule has 62 valence electrons. The van der Waals surface area contributed by atoms with Gasteiger partial charge in [-0.25, -0.2) is 5.10 Å². The van der Waals surface area contributed by atoms with Crippen LogP contribution in [-0.4, -0.2) is 25.2 Å². The molecule has 0 aliphatic heterocycles. The van der Waals surface area contributed by atoms with Crippen LogP contribution in [0.2, 0.25) is 5.15 Å². The topological polar surface area (TPSA) is 76.5 Å². The van der Waals surface area contributed by atoms with Crippen LogP contribution in [-0.2, 0) is 7.05 Å². The summed E-state index contributed by atoms with van der Waals surface area (Å²) in [5.74, 6) is 0. The van der Waals surface area contributed by atoms with Crippen LogP contribution < -0.4 is 5.56 Å². The van der Waals surface area contributed by atoms with Crippen molar-refractivity contribution < 1.29 is 0 Å². The van der Waals surface area contributed by atoms with E-state index in [9.17, 15) is 4.79 Å². The Hall–Kier alpha value is -1.43. The molecule has 0 amide bonds. The molecule has 12 heavy (non-hydrogen) atoms. The van der Waals surface area contributed by atoms with E-state index >= 15 is 0 Å². The van der Waals surface area contributed by atoms with Gasteiger partial charge in [0.1, 0.15) is 0 Å². The van der Waals surface area contributed by atoms with E-state index in [-0.39, 0.29) is 16.2 Å². The number of H-pyrrole nitrogens is 1. The Balaban J connectivity index is 3.03. The molecule has 0 aliphatic carbocycles. The monoisotopic (exact) mass is 185 g/mol. The molecule has 1 N–H and O–H groups in total. The number of aromatic nitrogens is 5. The van der Waals surface area contributed by atoms with E-state index in [1.807, 2.05) is 0 Å². The summed E-state index contributed by atoms with van der Waals surface area (Å²) < 4.78 is 0. The summed E-state index contributed by atoms with van der Waals surface area (Å²) in [4.78, 5) is 12.3. The van der Waals surface area contributed by atoms with Crippen LogP contribution in [0, 0.1) is 0 Å². The lowest BCUT2D eigenvalue weighted by molar-refractivity contribution is 0.664. The minimum atomic E-state index is -0.387. The van der Waals surface area contributed by atoms with Gasteiger partial charge in [0, 0.05) is 7.05 Å². The van der Waals surface area contributed by atoms with Crippen molar-refractivity contribution in [3.8, 4) is 0 Å². The number of aromatic amines is 1. The van der Waals surface area contributed by atoms with Crippen molar-refractivity contribution in [2.45, 2.75) is 0 Å². The Bertz CT molecular complexity index is 486. The Labute approximate surface area is 71.1 Å². The van der Waals surface area contributed by atoms with Gasteiger partial charge in [-0.3, -0.25) is 4.79 Å². The minimum absolute atomic E-state index is 0.151. The summed E-state index contributed by atoms with van der Waals surface area (Å²) in [5.41, 5.74) is 0.142. The predicted molar refractivity (Wildman–Crippen MR) is 41.9 cm³/mol. The van der Waals surface area contributed by atoms with E-state index in [1.54, 1.807) is 7.05 Å². The molecule has 0 saturated heterocycles. The molecule has 2 heterocycles. The van der Waals surface area contributed by atoms with Crippen LogP contribution >= 0.6 is 11.6 Å². The van der Waals surface area contributed by atoms with Crippen molar-refractivity contribution in [1.29, 1.82) is 0 Å². The molecule has 2 rings (SSSR count). The Morgan fingerprint density at radius 3 is 2.75 bits per heavy atom. The maximum absolute atomic E-state index is 11.1. The van der Waals surface area contributed by atoms with Crippen LogP contribution in [0.3, 0.4) is 0 Å². The molecule has 2 aromatic rings. The third kappa shape index (κ3) is 0.884. The fourth-order valence-corrected chi connectivity index (χ4v) is 1.07. The molecule has 6 nitrogen and oxygen atoms in total. The molecule has 2 aromatic heterocycles. The standard InChI is InChI=1S/C5H4ClN5O/c1-11-9-2-3(10-11)5(12)8-7-4(2)6/h1H3,(H,8,12). The first-order chi connectivity index (χ1) is 5.68. The maximum atomic E-state index is 11.1. The van der Waals surface area contributed by atoms with Crippen LogP contribution in [0.15, 0.2) is 4.79 Å². The Kier molecular flexibility index (Phi) is 1.37. The zero-order chi connectivity index (χ0) is 8.72. The van der Waals surface area contributed by atoms with Crippen LogP contribution in [0.4, 0.5) is 0 Å². The number of hydrogen-bond donors (Lipinski definition) is 1. The van der Waals surface area contributed by atoms with Crippen LogP contribution in [0.1, 0.15) is 0 Å². The molecular formula is C5H4ClN5O. The highest BCUT2D eigenvalue weighted by Crippen LogP contribution is 2.11. The molecule has 7 heteroatoms. The zero-order valence-corrected chi connectivity index (χ0v) is 6.83. The molecule has 0 spiro atoms. The normalized spacial score (nSPS) is 10.8. The molecule has 0 atom stereocenters. The molecule has 0 radical (unpaired) electrons. The van der Waals surface area contributed by atoms with Gasteiger partial charge < -0.3 is 0 Å². The van der Waals surface area contributed by atoms with Crippen molar-refractivity contribution in [3.05, 3.63) is 15.5 Å². The molecule has 0 fully saturated rings. The van der Waals surface area contributed by atoms with Crippen molar-refractivity contribution >= 4 is 22.6 Å². The smallest absolute Gasteiger partial charge is 0.265 e. The average Bonchev–Trinajstić information content (AvgIpc) is 2.41. The SMILES string of the molecule is Cn1nc2c(Cl)n[nH]c(=O)c2n1. The largest absolute Gasteiger partial charge is 0.294 e. The first kappa shape index (κ1) is 7.23. The van der Waals surface area contributed by atoms with Gasteiger partial charge in [0.15, 0.2) is 16.2 Å². The lowest BCUT2D eigenvalue weighted by atomic mass is 10.5. The Morgan fingerprint density at radius 1 is 1.42 bits per heavy atom. The summed E-state index contributed by atoms with van der Waals surface area (Å²) in [7, 11) is 1.61. The number of hydrogen-bond acceptors (Lipinski definition) is 4. The number of aryl methyl sites for hydroxylation is 1. The number of rotatable bonds is 0. The van der Waals surface area contributed by atoms with Crippen LogP contribution in [0.5, 0.6) is 0 Å². The van der Waals surface area contributed by atoms with Gasteiger partial charge in [-0.05, 0) is 0 Å². The zero-order valence-electron chi connectivity index (χ0n) is 6.08. The number of fused-ring (bicyclic) bond motifs is 1. The van der Waals surface area contributed by atoms with Gasteiger partial charge in [0.25, 0.3) is 5.56 Å². The summed E-state index contributed by atoms with van der Waals surface area (Å²) in [6, 6.07) is 0. The van der Waals surface area contributed by atoms with E-state index in [0.717, 1.165) is 0 Å². The molecule has 0 aromatic carbocycles. The van der Waals surface area contributed by atoms with E-state index in [4.69, 9.17) is 11.6 Å². The highest BCUT2D eigenvalue weighted by Gasteiger charge is 2.09. The first-order valence-corrected chi connectivity index (χ1v) is 3.51. The molecule has 0 saturated carbocycles. The van der Waals surface area contributed by atoms with Crippen molar-refractivity contribution in [3.63, 3.8) is 0 Å². The van der Waals surface area contributed by atoms with Crippen molar-refractivity contribution in [1.82, 2.24) is 25.2 Å². The van der Waals surface area contributed by atoms with Crippen LogP contribution in [0.25, 0.3) is 11.0 Å².